The van der Waals surface area contributed by atoms with Crippen LogP contribution in [-0.4, -0.2) is 4.98 Å². The van der Waals surface area contributed by atoms with Gasteiger partial charge in [0.05, 0.1) is 11.9 Å². The molecule has 0 saturated carbocycles. The zero-order chi connectivity index (χ0) is 6.53. The van der Waals surface area contributed by atoms with Gasteiger partial charge in [0.25, 0.3) is 0 Å². The molecule has 0 amide bonds. The van der Waals surface area contributed by atoms with E-state index in [0.29, 0.717) is 0 Å². The van der Waals surface area contributed by atoms with Crippen molar-refractivity contribution >= 4 is 5.69 Å². The van der Waals surface area contributed by atoms with E-state index in [1.54, 1.807) is 12.4 Å². The molecule has 2 heteroatoms. The molecule has 0 aliphatic carbocycles. The maximum atomic E-state index is 4.97. The topological polar surface area (TPSA) is 24.9 Å². The van der Waals surface area contributed by atoms with E-state index >= 15 is 0 Å². The van der Waals surface area contributed by atoms with Crippen LogP contribution in [0, 0.1) is 12.5 Å². The lowest BCUT2D eigenvalue weighted by Crippen LogP contribution is -1.85. The predicted molar refractivity (Wildman–Crippen MR) is 36.7 cm³/mol. The Bertz CT molecular complexity index is 210. The highest BCUT2D eigenvalue weighted by atomic mass is 14.8. The molecule has 0 bridgehead atoms. The van der Waals surface area contributed by atoms with Crippen LogP contribution in [0.4, 0.5) is 5.69 Å². The van der Waals surface area contributed by atoms with Crippen molar-refractivity contribution in [3.05, 3.63) is 24.5 Å². The number of terminal acetylenes is 1. The summed E-state index contributed by atoms with van der Waals surface area (Å²) in [6, 6.07) is 5.97. The number of aromatic nitrogens is 1. The molecule has 0 aliphatic heterocycles. The van der Waals surface area contributed by atoms with Crippen LogP contribution in [0.3, 0.4) is 0 Å². The third-order valence-corrected chi connectivity index (χ3v) is 0.878. The van der Waals surface area contributed by atoms with Crippen LogP contribution in [0.1, 0.15) is 0 Å². The van der Waals surface area contributed by atoms with Crippen molar-refractivity contribution in [3.8, 4) is 12.5 Å². The molecule has 2 nitrogen and oxygen atoms in total. The van der Waals surface area contributed by atoms with Crippen molar-refractivity contribution in [1.29, 1.82) is 0 Å². The van der Waals surface area contributed by atoms with E-state index in [4.69, 9.17) is 6.42 Å². The van der Waals surface area contributed by atoms with Crippen molar-refractivity contribution in [2.75, 3.05) is 5.32 Å². The Hall–Kier alpha value is -1.49. The first kappa shape index (κ1) is 5.64. The Kier molecular flexibility index (Phi) is 1.71. The summed E-state index contributed by atoms with van der Waals surface area (Å²) in [7, 11) is 0. The normalized spacial score (nSPS) is 7.89. The van der Waals surface area contributed by atoms with E-state index in [-0.39, 0.29) is 0 Å². The van der Waals surface area contributed by atoms with Gasteiger partial charge in [0.15, 0.2) is 0 Å². The standard InChI is InChI=1S/C7H6N2/c1-2-9-7-4-3-5-8-6-7/h1,3-6,9H. The zero-order valence-corrected chi connectivity index (χ0v) is 4.83. The molecule has 1 aromatic rings. The lowest BCUT2D eigenvalue weighted by atomic mass is 10.4. The number of nitrogens with zero attached hydrogens (tertiary/aromatic N) is 1. The Morgan fingerprint density at radius 2 is 2.56 bits per heavy atom. The SMILES string of the molecule is C#CNc1cccnc1. The first-order valence-corrected chi connectivity index (χ1v) is 2.55. The molecule has 0 spiro atoms. The average Bonchev–Trinajstić information content (AvgIpc) is 1.91. The summed E-state index contributed by atoms with van der Waals surface area (Å²) in [5.74, 6) is 0. The number of hydrogen-bond acceptors (Lipinski definition) is 2. The molecule has 0 unspecified atom stereocenters. The summed E-state index contributed by atoms with van der Waals surface area (Å²) >= 11 is 0. The second kappa shape index (κ2) is 2.73. The van der Waals surface area contributed by atoms with Crippen molar-refractivity contribution in [2.24, 2.45) is 0 Å². The Labute approximate surface area is 53.9 Å². The van der Waals surface area contributed by atoms with Gasteiger partial charge in [-0.05, 0) is 12.1 Å². The average molecular weight is 118 g/mol. The van der Waals surface area contributed by atoms with Crippen molar-refractivity contribution in [1.82, 2.24) is 4.98 Å². The lowest BCUT2D eigenvalue weighted by molar-refractivity contribution is 1.33. The fourth-order valence-electron chi connectivity index (χ4n) is 0.520. The number of rotatable bonds is 1. The van der Waals surface area contributed by atoms with Gasteiger partial charge in [-0.3, -0.25) is 4.98 Å². The molecular weight excluding hydrogens is 112 g/mol. The highest BCUT2D eigenvalue weighted by Crippen LogP contribution is 1.99. The molecule has 0 atom stereocenters. The minimum absolute atomic E-state index is 0.847. The highest BCUT2D eigenvalue weighted by molar-refractivity contribution is 5.44. The highest BCUT2D eigenvalue weighted by Gasteiger charge is 1.81. The van der Waals surface area contributed by atoms with Gasteiger partial charge >= 0.3 is 0 Å². The van der Waals surface area contributed by atoms with Gasteiger partial charge in [-0.25, -0.2) is 0 Å². The van der Waals surface area contributed by atoms with E-state index in [2.05, 4.69) is 16.3 Å². The van der Waals surface area contributed by atoms with E-state index in [0.717, 1.165) is 5.69 Å². The lowest BCUT2D eigenvalue weighted by Gasteiger charge is -1.92. The van der Waals surface area contributed by atoms with Crippen molar-refractivity contribution in [2.45, 2.75) is 0 Å². The number of pyridine rings is 1. The van der Waals surface area contributed by atoms with Crippen LogP contribution in [-0.2, 0) is 0 Å². The smallest absolute Gasteiger partial charge is 0.0642 e. The number of anilines is 1. The summed E-state index contributed by atoms with van der Waals surface area (Å²) < 4.78 is 0. The molecule has 0 radical (unpaired) electrons. The maximum absolute atomic E-state index is 4.97. The minimum Gasteiger partial charge on any atom is -0.314 e. The van der Waals surface area contributed by atoms with Crippen LogP contribution in [0.5, 0.6) is 0 Å². The molecule has 9 heavy (non-hydrogen) atoms. The maximum Gasteiger partial charge on any atom is 0.0642 e. The third kappa shape index (κ3) is 1.46. The molecule has 0 aromatic carbocycles. The predicted octanol–water partition coefficient (Wildman–Crippen LogP) is 1.08. The fraction of sp³-hybridized carbons (Fsp3) is 0. The molecule has 0 fully saturated rings. The molecule has 44 valence electrons. The molecule has 1 heterocycles. The van der Waals surface area contributed by atoms with E-state index in [1.807, 2.05) is 12.1 Å². The largest absolute Gasteiger partial charge is 0.314 e. The van der Waals surface area contributed by atoms with E-state index < -0.39 is 0 Å². The summed E-state index contributed by atoms with van der Waals surface area (Å²) in [6.07, 6.45) is 8.33. The second-order valence-electron chi connectivity index (χ2n) is 1.51. The molecule has 1 N–H and O–H groups in total. The van der Waals surface area contributed by atoms with Gasteiger partial charge in [0.1, 0.15) is 0 Å². The van der Waals surface area contributed by atoms with Gasteiger partial charge in [-0.2, -0.15) is 0 Å². The van der Waals surface area contributed by atoms with Gasteiger partial charge < -0.3 is 5.32 Å². The first-order valence-electron chi connectivity index (χ1n) is 2.55. The molecule has 1 rings (SSSR count). The minimum atomic E-state index is 0.847. The second-order valence-corrected chi connectivity index (χ2v) is 1.51. The summed E-state index contributed by atoms with van der Waals surface area (Å²) in [5, 5.41) is 2.67. The van der Waals surface area contributed by atoms with Gasteiger partial charge in [-0.15, -0.1) is 0 Å². The van der Waals surface area contributed by atoms with Crippen LogP contribution in [0.15, 0.2) is 24.5 Å². The summed E-state index contributed by atoms with van der Waals surface area (Å²) in [6.45, 7) is 0. The monoisotopic (exact) mass is 118 g/mol. The quantitative estimate of drug-likeness (QED) is 0.441. The number of nitrogens with one attached hydrogen (secondary N) is 1. The van der Waals surface area contributed by atoms with Crippen molar-refractivity contribution in [3.63, 3.8) is 0 Å². The van der Waals surface area contributed by atoms with Crippen LogP contribution < -0.4 is 5.32 Å². The Balaban J connectivity index is 2.76. The Morgan fingerprint density at radius 1 is 1.67 bits per heavy atom. The van der Waals surface area contributed by atoms with Gasteiger partial charge in [-0.1, -0.05) is 6.42 Å². The van der Waals surface area contributed by atoms with Gasteiger partial charge in [0, 0.05) is 12.2 Å². The number of hydrogen-bond donors (Lipinski definition) is 1. The summed E-state index contributed by atoms with van der Waals surface area (Å²) in [4.78, 5) is 3.85. The first-order chi connectivity index (χ1) is 4.43. The fourth-order valence-corrected chi connectivity index (χ4v) is 0.520. The van der Waals surface area contributed by atoms with Crippen LogP contribution >= 0.6 is 0 Å². The zero-order valence-electron chi connectivity index (χ0n) is 4.83. The van der Waals surface area contributed by atoms with E-state index in [9.17, 15) is 0 Å². The molecule has 0 saturated heterocycles. The van der Waals surface area contributed by atoms with Crippen molar-refractivity contribution < 1.29 is 0 Å². The molecule has 1 aromatic heterocycles. The summed E-state index contributed by atoms with van der Waals surface area (Å²) in [5.41, 5.74) is 0.847. The third-order valence-electron chi connectivity index (χ3n) is 0.878. The molecule has 0 aliphatic rings. The van der Waals surface area contributed by atoms with Gasteiger partial charge in [0.2, 0.25) is 0 Å². The Morgan fingerprint density at radius 3 is 3.11 bits per heavy atom. The van der Waals surface area contributed by atoms with Crippen LogP contribution in [0.2, 0.25) is 0 Å². The van der Waals surface area contributed by atoms with Crippen LogP contribution in [0.25, 0.3) is 0 Å². The van der Waals surface area contributed by atoms with E-state index in [1.165, 1.54) is 0 Å². The molecular formula is C7H6N2.